The van der Waals surface area contributed by atoms with Gasteiger partial charge in [0.15, 0.2) is 17.2 Å². The molecule has 200 valence electrons. The van der Waals surface area contributed by atoms with Gasteiger partial charge in [-0.15, -0.1) is 0 Å². The number of pyridine rings is 1. The molecule has 0 aliphatic carbocycles. The number of hydrogen-bond donors (Lipinski definition) is 1. The molecule has 0 radical (unpaired) electrons. The van der Waals surface area contributed by atoms with Gasteiger partial charge in [0.2, 0.25) is 6.79 Å². The summed E-state index contributed by atoms with van der Waals surface area (Å²) in [7, 11) is 1.34. The van der Waals surface area contributed by atoms with Crippen LogP contribution in [0.3, 0.4) is 0 Å². The number of methoxy groups -OCH3 is 1. The van der Waals surface area contributed by atoms with Gasteiger partial charge in [-0.25, -0.2) is 9.78 Å². The minimum Gasteiger partial charge on any atom is -0.464 e. The van der Waals surface area contributed by atoms with Gasteiger partial charge in [0.1, 0.15) is 11.8 Å². The Bertz CT molecular complexity index is 1520. The number of anilines is 1. The van der Waals surface area contributed by atoms with Crippen LogP contribution >= 0.6 is 0 Å². The summed E-state index contributed by atoms with van der Waals surface area (Å²) in [6.07, 6.45) is 4.20. The second-order valence-corrected chi connectivity index (χ2v) is 9.68. The molecule has 39 heavy (non-hydrogen) atoms. The summed E-state index contributed by atoms with van der Waals surface area (Å²) in [5.41, 5.74) is 4.32. The molecule has 4 heterocycles. The Morgan fingerprint density at radius 2 is 1.85 bits per heavy atom. The zero-order valence-electron chi connectivity index (χ0n) is 21.6. The average molecular weight is 528 g/mol. The monoisotopic (exact) mass is 527 g/mol. The van der Waals surface area contributed by atoms with Gasteiger partial charge in [-0.3, -0.25) is 4.79 Å². The summed E-state index contributed by atoms with van der Waals surface area (Å²) in [6, 6.07) is 17.7. The molecule has 6 rings (SSSR count). The van der Waals surface area contributed by atoms with E-state index in [1.54, 1.807) is 0 Å². The van der Waals surface area contributed by atoms with E-state index in [4.69, 9.17) is 23.9 Å². The van der Waals surface area contributed by atoms with Gasteiger partial charge < -0.3 is 28.8 Å². The smallest absolute Gasteiger partial charge is 0.356 e. The molecule has 2 aromatic heterocycles. The Balaban J connectivity index is 1.38. The molecule has 2 aromatic carbocycles. The van der Waals surface area contributed by atoms with E-state index in [2.05, 4.69) is 5.32 Å². The van der Waals surface area contributed by atoms with Gasteiger partial charge in [0.05, 0.1) is 12.8 Å². The van der Waals surface area contributed by atoms with Crippen LogP contribution in [0.5, 0.6) is 11.5 Å². The van der Waals surface area contributed by atoms with Crippen molar-refractivity contribution in [3.05, 3.63) is 83.2 Å². The van der Waals surface area contributed by atoms with E-state index in [0.717, 1.165) is 41.0 Å². The average Bonchev–Trinajstić information content (AvgIpc) is 3.72. The van der Waals surface area contributed by atoms with E-state index in [9.17, 15) is 9.59 Å². The number of carbonyl (C=O) groups excluding carboxylic acids is 2. The van der Waals surface area contributed by atoms with Crippen LogP contribution in [0.4, 0.5) is 5.69 Å². The number of aromatic nitrogens is 2. The Morgan fingerprint density at radius 1 is 1.03 bits per heavy atom. The van der Waals surface area contributed by atoms with Crippen molar-refractivity contribution in [2.24, 2.45) is 0 Å². The number of rotatable bonds is 8. The van der Waals surface area contributed by atoms with Crippen molar-refractivity contribution >= 4 is 28.6 Å². The number of aryl methyl sites for hydroxylation is 2. The van der Waals surface area contributed by atoms with E-state index in [0.29, 0.717) is 42.7 Å². The molecule has 2 aliphatic rings. The third-order valence-corrected chi connectivity index (χ3v) is 7.13. The van der Waals surface area contributed by atoms with E-state index in [1.807, 2.05) is 65.4 Å². The van der Waals surface area contributed by atoms with Crippen molar-refractivity contribution in [2.45, 2.75) is 38.3 Å². The first-order valence-electron chi connectivity index (χ1n) is 13.0. The van der Waals surface area contributed by atoms with Crippen LogP contribution in [-0.2, 0) is 33.7 Å². The van der Waals surface area contributed by atoms with Gasteiger partial charge >= 0.3 is 5.97 Å². The summed E-state index contributed by atoms with van der Waals surface area (Å²) in [4.78, 5) is 31.0. The van der Waals surface area contributed by atoms with Crippen molar-refractivity contribution in [2.75, 3.05) is 25.8 Å². The Kier molecular flexibility index (Phi) is 6.89. The lowest BCUT2D eigenvalue weighted by Gasteiger charge is -2.13. The highest BCUT2D eigenvalue weighted by molar-refractivity contribution is 6.11. The largest absolute Gasteiger partial charge is 0.464 e. The zero-order chi connectivity index (χ0) is 26.8. The minimum absolute atomic E-state index is 0.238. The molecule has 9 nitrogen and oxygen atoms in total. The molecule has 1 fully saturated rings. The standard InChI is InChI=1S/C30H29N3O6/c1-36-30(35)27-26(32-29(34)24-8-5-13-37-24)22-14-21(10-9-19-11-12-23-25(15-19)39-18-38-23)16-31-28(22)33(27)17-20-6-3-2-4-7-20/h2-4,6-7,11-12,14-16,24H,5,8-10,13,17-18H2,1H3,(H,32,34). The quantitative estimate of drug-likeness (QED) is 0.337. The number of fused-ring (bicyclic) bond motifs is 2. The summed E-state index contributed by atoms with van der Waals surface area (Å²) in [5, 5.41) is 3.67. The predicted octanol–water partition coefficient (Wildman–Crippen LogP) is 4.50. The summed E-state index contributed by atoms with van der Waals surface area (Å²) in [5.74, 6) is 0.681. The van der Waals surface area contributed by atoms with Crippen molar-refractivity contribution in [1.29, 1.82) is 0 Å². The highest BCUT2D eigenvalue weighted by Gasteiger charge is 2.30. The first-order valence-corrected chi connectivity index (χ1v) is 13.0. The maximum absolute atomic E-state index is 13.1. The molecule has 1 N–H and O–H groups in total. The van der Waals surface area contributed by atoms with Crippen LogP contribution in [-0.4, -0.2) is 48.0 Å². The minimum atomic E-state index is -0.551. The van der Waals surface area contributed by atoms with Crippen molar-refractivity contribution < 1.29 is 28.5 Å². The molecule has 1 amide bonds. The summed E-state index contributed by atoms with van der Waals surface area (Å²) in [6.45, 7) is 1.17. The molecule has 0 saturated carbocycles. The number of benzene rings is 2. The van der Waals surface area contributed by atoms with Gasteiger partial charge in [-0.1, -0.05) is 36.4 Å². The van der Waals surface area contributed by atoms with Gasteiger partial charge in [-0.2, -0.15) is 0 Å². The van der Waals surface area contributed by atoms with Gasteiger partial charge in [0.25, 0.3) is 5.91 Å². The zero-order valence-corrected chi connectivity index (χ0v) is 21.6. The van der Waals surface area contributed by atoms with Crippen molar-refractivity contribution in [3.8, 4) is 11.5 Å². The molecule has 0 spiro atoms. The molecule has 9 heteroatoms. The predicted molar refractivity (Wildman–Crippen MR) is 144 cm³/mol. The lowest BCUT2D eigenvalue weighted by molar-refractivity contribution is -0.124. The van der Waals surface area contributed by atoms with E-state index in [1.165, 1.54) is 7.11 Å². The third-order valence-electron chi connectivity index (χ3n) is 7.13. The number of esters is 1. The molecule has 1 unspecified atom stereocenters. The summed E-state index contributed by atoms with van der Waals surface area (Å²) < 4.78 is 23.5. The van der Waals surface area contributed by atoms with E-state index >= 15 is 0 Å². The molecule has 1 atom stereocenters. The van der Waals surface area contributed by atoms with Crippen LogP contribution in [0.2, 0.25) is 0 Å². The van der Waals surface area contributed by atoms with Crippen molar-refractivity contribution in [1.82, 2.24) is 9.55 Å². The number of amides is 1. The second-order valence-electron chi connectivity index (χ2n) is 9.68. The molecule has 1 saturated heterocycles. The fourth-order valence-corrected chi connectivity index (χ4v) is 5.13. The van der Waals surface area contributed by atoms with E-state index in [-0.39, 0.29) is 18.4 Å². The number of carbonyl (C=O) groups is 2. The van der Waals surface area contributed by atoms with Crippen LogP contribution < -0.4 is 14.8 Å². The first-order chi connectivity index (χ1) is 19.1. The van der Waals surface area contributed by atoms with Crippen molar-refractivity contribution in [3.63, 3.8) is 0 Å². The Hall–Kier alpha value is -4.37. The van der Waals surface area contributed by atoms with Gasteiger partial charge in [0, 0.05) is 24.7 Å². The number of nitrogens with one attached hydrogen (secondary N) is 1. The van der Waals surface area contributed by atoms with Crippen LogP contribution in [0, 0.1) is 0 Å². The molecule has 0 bridgehead atoms. The molecular weight excluding hydrogens is 498 g/mol. The third kappa shape index (κ3) is 5.05. The highest BCUT2D eigenvalue weighted by atomic mass is 16.7. The molecule has 4 aromatic rings. The second kappa shape index (κ2) is 10.8. The lowest BCUT2D eigenvalue weighted by Crippen LogP contribution is -2.28. The normalized spacial score (nSPS) is 16.0. The topological polar surface area (TPSA) is 101 Å². The highest BCUT2D eigenvalue weighted by Crippen LogP contribution is 2.35. The van der Waals surface area contributed by atoms with Gasteiger partial charge in [-0.05, 0) is 60.6 Å². The molecular formula is C30H29N3O6. The SMILES string of the molecule is COC(=O)c1c(NC(=O)C2CCCO2)c2cc(CCc3ccc4c(c3)OCO4)cnc2n1Cc1ccccc1. The van der Waals surface area contributed by atoms with Crippen LogP contribution in [0.15, 0.2) is 60.8 Å². The van der Waals surface area contributed by atoms with E-state index < -0.39 is 12.1 Å². The Labute approximate surface area is 225 Å². The number of ether oxygens (including phenoxy) is 4. The first kappa shape index (κ1) is 24.9. The summed E-state index contributed by atoms with van der Waals surface area (Å²) >= 11 is 0. The lowest BCUT2D eigenvalue weighted by atomic mass is 10.0. The van der Waals surface area contributed by atoms with Crippen LogP contribution in [0.1, 0.15) is 40.0 Å². The Morgan fingerprint density at radius 3 is 2.64 bits per heavy atom. The molecule has 2 aliphatic heterocycles. The number of hydrogen-bond acceptors (Lipinski definition) is 7. The fraction of sp³-hybridized carbons (Fsp3) is 0.300. The van der Waals surface area contributed by atoms with Crippen LogP contribution in [0.25, 0.3) is 11.0 Å². The maximum atomic E-state index is 13.1. The maximum Gasteiger partial charge on any atom is 0.356 e. The number of nitrogens with zero attached hydrogens (tertiary/aromatic N) is 2. The fourth-order valence-electron chi connectivity index (χ4n) is 5.13.